The third kappa shape index (κ3) is 3.92. The molecule has 2 radical (unpaired) electrons. The maximum Gasteiger partial charge on any atom is 0.192 e. The summed E-state index contributed by atoms with van der Waals surface area (Å²) < 4.78 is 0. The van der Waals surface area contributed by atoms with Crippen molar-refractivity contribution in [3.63, 3.8) is 0 Å². The van der Waals surface area contributed by atoms with Crippen LogP contribution in [0.1, 0.15) is 31.4 Å². The van der Waals surface area contributed by atoms with Crippen LogP contribution in [0.2, 0.25) is 0 Å². The molecule has 2 aliphatic rings. The fourth-order valence-corrected chi connectivity index (χ4v) is 4.68. The van der Waals surface area contributed by atoms with Crippen molar-refractivity contribution < 1.29 is 5.11 Å². The minimum atomic E-state index is -0.430. The van der Waals surface area contributed by atoms with E-state index in [2.05, 4.69) is 41.8 Å². The molecule has 4 unspecified atom stereocenters. The molecule has 4 atom stereocenters. The van der Waals surface area contributed by atoms with Gasteiger partial charge in [0.15, 0.2) is 5.96 Å². The summed E-state index contributed by atoms with van der Waals surface area (Å²) >= 11 is 0. The van der Waals surface area contributed by atoms with Crippen molar-refractivity contribution in [1.29, 1.82) is 0 Å². The number of nitrogens with zero attached hydrogens (tertiary/aromatic N) is 3. The summed E-state index contributed by atoms with van der Waals surface area (Å²) in [5.41, 5.74) is 8.96. The van der Waals surface area contributed by atoms with E-state index in [1.54, 1.807) is 0 Å². The molecule has 1 fully saturated rings. The van der Waals surface area contributed by atoms with Crippen LogP contribution in [-0.4, -0.2) is 54.1 Å². The van der Waals surface area contributed by atoms with E-state index in [9.17, 15) is 5.11 Å². The van der Waals surface area contributed by atoms with Crippen molar-refractivity contribution in [2.24, 2.45) is 16.6 Å². The number of aliphatic hydroxyl groups is 1. The van der Waals surface area contributed by atoms with Crippen LogP contribution >= 0.6 is 0 Å². The van der Waals surface area contributed by atoms with Crippen LogP contribution in [0.3, 0.4) is 0 Å². The first-order valence-corrected chi connectivity index (χ1v) is 10.3. The Morgan fingerprint density at radius 3 is 2.69 bits per heavy atom. The fraction of sp³-hybridized carbons (Fsp3) is 0.435. The number of rotatable bonds is 5. The second-order valence-electron chi connectivity index (χ2n) is 8.57. The van der Waals surface area contributed by atoms with E-state index in [1.807, 2.05) is 36.4 Å². The van der Waals surface area contributed by atoms with Crippen molar-refractivity contribution in [2.75, 3.05) is 13.1 Å². The lowest BCUT2D eigenvalue weighted by atomic mass is 9.82. The van der Waals surface area contributed by atoms with Gasteiger partial charge >= 0.3 is 0 Å². The molecule has 0 saturated carbocycles. The summed E-state index contributed by atoms with van der Waals surface area (Å²) in [7, 11) is 6.00. The second-order valence-corrected chi connectivity index (χ2v) is 8.57. The highest BCUT2D eigenvalue weighted by Gasteiger charge is 2.44. The Morgan fingerprint density at radius 1 is 1.21 bits per heavy atom. The second kappa shape index (κ2) is 7.84. The average Bonchev–Trinajstić information content (AvgIpc) is 3.15. The number of aliphatic imine (C=N–C) groups is 1. The normalized spacial score (nSPS) is 30.0. The van der Waals surface area contributed by atoms with Crippen molar-refractivity contribution in [3.8, 4) is 0 Å². The monoisotopic (exact) mass is 388 g/mol. The number of guanidine groups is 1. The fourth-order valence-electron chi connectivity index (χ4n) is 4.68. The smallest absolute Gasteiger partial charge is 0.192 e. The predicted molar refractivity (Wildman–Crippen MR) is 118 cm³/mol. The van der Waals surface area contributed by atoms with Crippen LogP contribution in [0.5, 0.6) is 0 Å². The SMILES string of the molecule is [B]c1cccc(C2(C)N=C(N)N(CC3CC(O)N(Cc4ccccc4)C3)C2C)c1. The van der Waals surface area contributed by atoms with Gasteiger partial charge in [0.25, 0.3) is 0 Å². The van der Waals surface area contributed by atoms with Crippen LogP contribution in [0.15, 0.2) is 59.6 Å². The van der Waals surface area contributed by atoms with Crippen molar-refractivity contribution in [3.05, 3.63) is 65.7 Å². The van der Waals surface area contributed by atoms with Gasteiger partial charge in [-0.05, 0) is 37.3 Å². The molecule has 2 aliphatic heterocycles. The number of hydrogen-bond acceptors (Lipinski definition) is 5. The third-order valence-electron chi connectivity index (χ3n) is 6.53. The number of likely N-dealkylation sites (tertiary alicyclic amines) is 1. The summed E-state index contributed by atoms with van der Waals surface area (Å²) in [5.74, 6) is 0.909. The van der Waals surface area contributed by atoms with Crippen molar-refractivity contribution in [1.82, 2.24) is 9.80 Å². The summed E-state index contributed by atoms with van der Waals surface area (Å²) in [4.78, 5) is 9.16. The molecule has 1 saturated heterocycles. The molecule has 2 heterocycles. The van der Waals surface area contributed by atoms with Gasteiger partial charge in [0.2, 0.25) is 0 Å². The van der Waals surface area contributed by atoms with Gasteiger partial charge in [0.1, 0.15) is 19.6 Å². The molecule has 0 amide bonds. The predicted octanol–water partition coefficient (Wildman–Crippen LogP) is 1.55. The number of hydrogen-bond donors (Lipinski definition) is 2. The largest absolute Gasteiger partial charge is 0.378 e. The van der Waals surface area contributed by atoms with Gasteiger partial charge in [-0.3, -0.25) is 4.90 Å². The Morgan fingerprint density at radius 2 is 1.97 bits per heavy atom. The van der Waals surface area contributed by atoms with Crippen LogP contribution in [-0.2, 0) is 12.1 Å². The van der Waals surface area contributed by atoms with E-state index in [-0.39, 0.29) is 6.04 Å². The first-order chi connectivity index (χ1) is 13.9. The lowest BCUT2D eigenvalue weighted by Gasteiger charge is -2.34. The van der Waals surface area contributed by atoms with Gasteiger partial charge in [-0.15, -0.1) is 0 Å². The van der Waals surface area contributed by atoms with Gasteiger partial charge in [-0.2, -0.15) is 0 Å². The highest BCUT2D eigenvalue weighted by atomic mass is 16.3. The van der Waals surface area contributed by atoms with E-state index in [4.69, 9.17) is 18.6 Å². The molecule has 0 aromatic heterocycles. The molecule has 3 N–H and O–H groups in total. The molecule has 29 heavy (non-hydrogen) atoms. The lowest BCUT2D eigenvalue weighted by molar-refractivity contribution is 0.0327. The van der Waals surface area contributed by atoms with Gasteiger partial charge in [0, 0.05) is 19.6 Å². The van der Waals surface area contributed by atoms with Gasteiger partial charge < -0.3 is 15.7 Å². The number of benzene rings is 2. The molecular weight excluding hydrogens is 359 g/mol. The Hall–Kier alpha value is -2.31. The van der Waals surface area contributed by atoms with E-state index in [0.29, 0.717) is 11.9 Å². The summed E-state index contributed by atoms with van der Waals surface area (Å²) in [6.45, 7) is 6.68. The Bertz CT molecular complexity index is 889. The maximum absolute atomic E-state index is 10.6. The molecular formula is C23H29BN4O. The van der Waals surface area contributed by atoms with E-state index in [1.165, 1.54) is 5.56 Å². The first kappa shape index (κ1) is 20.0. The molecule has 4 rings (SSSR count). The Kier molecular flexibility index (Phi) is 5.41. The zero-order valence-corrected chi connectivity index (χ0v) is 17.2. The topological polar surface area (TPSA) is 65.1 Å². The van der Waals surface area contributed by atoms with Crippen LogP contribution in [0.4, 0.5) is 0 Å². The minimum Gasteiger partial charge on any atom is -0.378 e. The maximum atomic E-state index is 10.6. The molecule has 150 valence electrons. The van der Waals surface area contributed by atoms with Crippen LogP contribution < -0.4 is 11.2 Å². The van der Waals surface area contributed by atoms with Gasteiger partial charge in [0.05, 0.1) is 6.04 Å². The van der Waals surface area contributed by atoms with Crippen molar-refractivity contribution >= 4 is 19.3 Å². The standard InChI is InChI=1S/C23H29BN4O/c1-16-23(2,19-9-6-10-20(24)12-19)26-22(25)28(16)15-18-11-21(29)27(14-18)13-17-7-4-3-5-8-17/h3-10,12,16,18,21,29H,11,13-15H2,1-2H3,(H2,25,26). The third-order valence-corrected chi connectivity index (χ3v) is 6.53. The van der Waals surface area contributed by atoms with Gasteiger partial charge in [-0.25, -0.2) is 4.99 Å². The molecule has 2 aromatic rings. The molecule has 6 heteroatoms. The summed E-state index contributed by atoms with van der Waals surface area (Å²) in [5, 5.41) is 10.6. The molecule has 0 aliphatic carbocycles. The van der Waals surface area contributed by atoms with E-state index < -0.39 is 11.8 Å². The molecule has 0 bridgehead atoms. The van der Waals surface area contributed by atoms with Crippen LogP contribution in [0, 0.1) is 5.92 Å². The zero-order valence-electron chi connectivity index (χ0n) is 17.2. The molecule has 5 nitrogen and oxygen atoms in total. The van der Waals surface area contributed by atoms with E-state index >= 15 is 0 Å². The first-order valence-electron chi connectivity index (χ1n) is 10.3. The minimum absolute atomic E-state index is 0.115. The Labute approximate surface area is 174 Å². The molecule has 2 aromatic carbocycles. The average molecular weight is 388 g/mol. The Balaban J connectivity index is 1.44. The number of nitrogens with two attached hydrogens (primary N) is 1. The lowest BCUT2D eigenvalue weighted by Crippen LogP contribution is -2.46. The zero-order chi connectivity index (χ0) is 20.6. The van der Waals surface area contributed by atoms with Crippen LogP contribution in [0.25, 0.3) is 0 Å². The quantitative estimate of drug-likeness (QED) is 0.763. The van der Waals surface area contributed by atoms with Gasteiger partial charge in [-0.1, -0.05) is 60.1 Å². The van der Waals surface area contributed by atoms with E-state index in [0.717, 1.165) is 37.1 Å². The van der Waals surface area contributed by atoms with Crippen molar-refractivity contribution in [2.45, 2.75) is 44.6 Å². The summed E-state index contributed by atoms with van der Waals surface area (Å²) in [6.07, 6.45) is 0.329. The highest BCUT2D eigenvalue weighted by molar-refractivity contribution is 6.32. The molecule has 0 spiro atoms. The summed E-state index contributed by atoms with van der Waals surface area (Å²) in [6, 6.07) is 18.3. The highest BCUT2D eigenvalue weighted by Crippen LogP contribution is 2.37. The number of aliphatic hydroxyl groups excluding tert-OH is 1.